The normalized spacial score (nSPS) is 20.0. The number of nitrogens with zero attached hydrogens (tertiary/aromatic N) is 1. The Labute approximate surface area is 139 Å². The summed E-state index contributed by atoms with van der Waals surface area (Å²) in [5.74, 6) is 0.455. The number of piperidine rings is 1. The zero-order valence-electron chi connectivity index (χ0n) is 13.8. The lowest BCUT2D eigenvalue weighted by molar-refractivity contribution is 0.0768. The number of amides is 1. The molecule has 126 valence electrons. The smallest absolute Gasteiger partial charge is 0.251 e. The third kappa shape index (κ3) is 6.16. The Bertz CT molecular complexity index is 489. The molecule has 1 aliphatic rings. The summed E-state index contributed by atoms with van der Waals surface area (Å²) in [4.78, 5) is 14.4. The molecule has 1 aromatic carbocycles. The first-order chi connectivity index (χ1) is 11.2. The van der Waals surface area contributed by atoms with Gasteiger partial charge >= 0.3 is 0 Å². The molecule has 1 amide bonds. The van der Waals surface area contributed by atoms with Gasteiger partial charge < -0.3 is 15.3 Å². The van der Waals surface area contributed by atoms with E-state index >= 15 is 0 Å². The fraction of sp³-hybridized carbons (Fsp3) is 0.526. The van der Waals surface area contributed by atoms with Crippen LogP contribution in [-0.2, 0) is 0 Å². The van der Waals surface area contributed by atoms with Crippen LogP contribution in [0.4, 0.5) is 0 Å². The molecule has 0 radical (unpaired) electrons. The minimum Gasteiger partial charge on any atom is -0.392 e. The van der Waals surface area contributed by atoms with Gasteiger partial charge in [0.15, 0.2) is 0 Å². The van der Waals surface area contributed by atoms with Gasteiger partial charge in [-0.3, -0.25) is 4.79 Å². The Morgan fingerprint density at radius 3 is 2.96 bits per heavy atom. The van der Waals surface area contributed by atoms with Crippen LogP contribution in [-0.4, -0.2) is 48.2 Å². The zero-order chi connectivity index (χ0) is 16.5. The number of nitrogens with one attached hydrogen (secondary N) is 1. The molecule has 0 spiro atoms. The topological polar surface area (TPSA) is 52.6 Å². The van der Waals surface area contributed by atoms with E-state index in [1.165, 1.54) is 0 Å². The van der Waals surface area contributed by atoms with Gasteiger partial charge in [0.2, 0.25) is 0 Å². The summed E-state index contributed by atoms with van der Waals surface area (Å²) in [6.45, 7) is 7.09. The summed E-state index contributed by atoms with van der Waals surface area (Å²) in [7, 11) is 0. The van der Waals surface area contributed by atoms with E-state index in [1.807, 2.05) is 36.4 Å². The van der Waals surface area contributed by atoms with Gasteiger partial charge in [0.25, 0.3) is 5.91 Å². The number of hydrogen-bond donors (Lipinski definition) is 2. The first kappa shape index (κ1) is 17.7. The average molecular weight is 316 g/mol. The molecular weight excluding hydrogens is 288 g/mol. The van der Waals surface area contributed by atoms with Gasteiger partial charge in [0, 0.05) is 25.2 Å². The van der Waals surface area contributed by atoms with Gasteiger partial charge in [-0.1, -0.05) is 24.3 Å². The molecule has 1 heterocycles. The summed E-state index contributed by atoms with van der Waals surface area (Å²) in [5, 5.41) is 13.1. The first-order valence-electron chi connectivity index (χ1n) is 8.53. The van der Waals surface area contributed by atoms with Gasteiger partial charge in [-0.15, -0.1) is 6.58 Å². The molecule has 2 unspecified atom stereocenters. The molecule has 4 heteroatoms. The van der Waals surface area contributed by atoms with Crippen molar-refractivity contribution in [3.63, 3.8) is 0 Å². The van der Waals surface area contributed by atoms with E-state index in [4.69, 9.17) is 0 Å². The second-order valence-corrected chi connectivity index (χ2v) is 6.36. The van der Waals surface area contributed by atoms with Crippen molar-refractivity contribution in [1.82, 2.24) is 10.2 Å². The number of carbonyl (C=O) groups excluding carboxylic acids is 1. The van der Waals surface area contributed by atoms with Crippen molar-refractivity contribution in [1.29, 1.82) is 0 Å². The number of β-amino-alcohol motifs (C(OH)–C–C–N with tert-alkyl or cyclic N) is 1. The largest absolute Gasteiger partial charge is 0.392 e. The monoisotopic (exact) mass is 316 g/mol. The summed E-state index contributed by atoms with van der Waals surface area (Å²) in [5.41, 5.74) is 0.708. The molecule has 1 aliphatic heterocycles. The summed E-state index contributed by atoms with van der Waals surface area (Å²) < 4.78 is 0. The minimum atomic E-state index is -0.286. The Morgan fingerprint density at radius 1 is 1.43 bits per heavy atom. The van der Waals surface area contributed by atoms with Crippen LogP contribution in [0, 0.1) is 5.92 Å². The lowest BCUT2D eigenvalue weighted by Gasteiger charge is -2.34. The Balaban J connectivity index is 1.73. The highest BCUT2D eigenvalue weighted by Gasteiger charge is 2.22. The molecule has 1 aromatic rings. The van der Waals surface area contributed by atoms with E-state index in [2.05, 4.69) is 16.8 Å². The predicted octanol–water partition coefficient (Wildman–Crippen LogP) is 2.46. The lowest BCUT2D eigenvalue weighted by atomic mass is 9.97. The number of hydrogen-bond acceptors (Lipinski definition) is 3. The standard InChI is InChI=1S/C19H28N2O2/c1-2-3-11-18(22)15-21-12-7-8-16(14-21)13-20-19(23)17-9-5-4-6-10-17/h2,4-6,9-10,16,18,22H,1,3,7-8,11-15H2,(H,20,23). The van der Waals surface area contributed by atoms with Crippen LogP contribution in [0.15, 0.2) is 43.0 Å². The fourth-order valence-corrected chi connectivity index (χ4v) is 3.11. The zero-order valence-corrected chi connectivity index (χ0v) is 13.8. The van der Waals surface area contributed by atoms with E-state index in [0.717, 1.165) is 45.3 Å². The number of likely N-dealkylation sites (tertiary alicyclic amines) is 1. The van der Waals surface area contributed by atoms with Crippen molar-refractivity contribution >= 4 is 5.91 Å². The maximum Gasteiger partial charge on any atom is 0.251 e. The number of aliphatic hydroxyl groups is 1. The van der Waals surface area contributed by atoms with Crippen LogP contribution in [0.3, 0.4) is 0 Å². The second kappa shape index (κ2) is 9.48. The van der Waals surface area contributed by atoms with Crippen molar-refractivity contribution in [3.8, 4) is 0 Å². The van der Waals surface area contributed by atoms with Crippen LogP contribution >= 0.6 is 0 Å². The van der Waals surface area contributed by atoms with E-state index in [-0.39, 0.29) is 12.0 Å². The molecule has 2 rings (SSSR count). The van der Waals surface area contributed by atoms with Gasteiger partial charge in [0.05, 0.1) is 6.10 Å². The number of rotatable bonds is 8. The summed E-state index contributed by atoms with van der Waals surface area (Å²) in [6, 6.07) is 9.33. The highest BCUT2D eigenvalue weighted by molar-refractivity contribution is 5.94. The highest BCUT2D eigenvalue weighted by atomic mass is 16.3. The van der Waals surface area contributed by atoms with Gasteiger partial charge in [-0.05, 0) is 50.3 Å². The third-order valence-corrected chi connectivity index (χ3v) is 4.36. The van der Waals surface area contributed by atoms with Crippen molar-refractivity contribution in [2.75, 3.05) is 26.2 Å². The van der Waals surface area contributed by atoms with Crippen LogP contribution in [0.1, 0.15) is 36.0 Å². The SMILES string of the molecule is C=CCCC(O)CN1CCCC(CNC(=O)c2ccccc2)C1. The lowest BCUT2D eigenvalue weighted by Crippen LogP contribution is -2.43. The van der Waals surface area contributed by atoms with Crippen molar-refractivity contribution in [3.05, 3.63) is 48.6 Å². The maximum atomic E-state index is 12.1. The molecule has 0 aliphatic carbocycles. The Morgan fingerprint density at radius 2 is 2.22 bits per heavy atom. The van der Waals surface area contributed by atoms with Gasteiger partial charge in [-0.2, -0.15) is 0 Å². The quantitative estimate of drug-likeness (QED) is 0.724. The van der Waals surface area contributed by atoms with Crippen molar-refractivity contribution in [2.24, 2.45) is 5.92 Å². The molecule has 4 nitrogen and oxygen atoms in total. The second-order valence-electron chi connectivity index (χ2n) is 6.36. The van der Waals surface area contributed by atoms with Crippen molar-refractivity contribution < 1.29 is 9.90 Å². The van der Waals surface area contributed by atoms with Crippen LogP contribution in [0.25, 0.3) is 0 Å². The molecule has 0 aromatic heterocycles. The number of aliphatic hydroxyl groups excluding tert-OH is 1. The molecule has 23 heavy (non-hydrogen) atoms. The minimum absolute atomic E-state index is 0.00580. The molecule has 1 saturated heterocycles. The average Bonchev–Trinajstić information content (AvgIpc) is 2.59. The van der Waals surface area contributed by atoms with E-state index in [1.54, 1.807) is 0 Å². The Hall–Kier alpha value is -1.65. The van der Waals surface area contributed by atoms with Crippen molar-refractivity contribution in [2.45, 2.75) is 31.8 Å². The predicted molar refractivity (Wildman–Crippen MR) is 93.4 cm³/mol. The molecule has 0 bridgehead atoms. The van der Waals surface area contributed by atoms with Crippen LogP contribution < -0.4 is 5.32 Å². The molecule has 1 fully saturated rings. The van der Waals surface area contributed by atoms with Gasteiger partial charge in [-0.25, -0.2) is 0 Å². The third-order valence-electron chi connectivity index (χ3n) is 4.36. The fourth-order valence-electron chi connectivity index (χ4n) is 3.11. The van der Waals surface area contributed by atoms with E-state index < -0.39 is 0 Å². The highest BCUT2D eigenvalue weighted by Crippen LogP contribution is 2.17. The molecular formula is C19H28N2O2. The number of benzene rings is 1. The first-order valence-corrected chi connectivity index (χ1v) is 8.53. The molecule has 0 saturated carbocycles. The number of carbonyl (C=O) groups is 1. The summed E-state index contributed by atoms with van der Waals surface area (Å²) in [6.07, 6.45) is 5.45. The van der Waals surface area contributed by atoms with E-state index in [0.29, 0.717) is 18.0 Å². The molecule has 2 N–H and O–H groups in total. The molecule has 2 atom stereocenters. The Kier molecular flexibility index (Phi) is 7.30. The van der Waals surface area contributed by atoms with E-state index in [9.17, 15) is 9.90 Å². The van der Waals surface area contributed by atoms with Crippen LogP contribution in [0.5, 0.6) is 0 Å². The number of allylic oxidation sites excluding steroid dienone is 1. The maximum absolute atomic E-state index is 12.1. The van der Waals surface area contributed by atoms with Crippen LogP contribution in [0.2, 0.25) is 0 Å². The summed E-state index contributed by atoms with van der Waals surface area (Å²) >= 11 is 0. The van der Waals surface area contributed by atoms with Gasteiger partial charge in [0.1, 0.15) is 0 Å².